The molecule has 52 heavy (non-hydrogen) atoms. The number of hydrogen-bond acceptors (Lipinski definition) is 12. The Morgan fingerprint density at radius 2 is 1.54 bits per heavy atom. The van der Waals surface area contributed by atoms with Crippen LogP contribution >= 0.6 is 0 Å². The molecule has 19 atom stereocenters. The molecule has 0 aromatic heterocycles. The van der Waals surface area contributed by atoms with E-state index in [1.54, 1.807) is 7.11 Å². The number of methoxy groups -OCH3 is 1. The molecule has 10 rings (SSSR count). The number of rotatable bonds is 4. The number of ether oxygens (including phenoxy) is 9. The van der Waals surface area contributed by atoms with Crippen LogP contribution in [-0.2, 0) is 47.4 Å². The third-order valence-corrected chi connectivity index (χ3v) is 13.9. The molecule has 12 nitrogen and oxygen atoms in total. The first-order valence-electron chi connectivity index (χ1n) is 20.1. The van der Waals surface area contributed by atoms with Gasteiger partial charge in [-0.15, -0.1) is 0 Å². The van der Waals surface area contributed by atoms with Gasteiger partial charge in [0.15, 0.2) is 5.79 Å². The molecule has 0 aliphatic carbocycles. The van der Waals surface area contributed by atoms with Crippen molar-refractivity contribution in [3.8, 4) is 0 Å². The molecule has 12 heteroatoms. The van der Waals surface area contributed by atoms with Crippen molar-refractivity contribution in [1.82, 2.24) is 0 Å². The monoisotopic (exact) mass is 730 g/mol. The lowest BCUT2D eigenvalue weighted by Crippen LogP contribution is -2.61. The lowest BCUT2D eigenvalue weighted by Gasteiger charge is -2.47. The van der Waals surface area contributed by atoms with Gasteiger partial charge in [-0.05, 0) is 62.0 Å². The van der Waals surface area contributed by atoms with Crippen LogP contribution in [0.1, 0.15) is 90.4 Å². The molecule has 0 amide bonds. The van der Waals surface area contributed by atoms with E-state index in [0.29, 0.717) is 25.7 Å². The van der Waals surface area contributed by atoms with Crippen molar-refractivity contribution in [2.24, 2.45) is 11.8 Å². The molecular formula is C40H58O12. The fourth-order valence-corrected chi connectivity index (χ4v) is 11.3. The summed E-state index contributed by atoms with van der Waals surface area (Å²) in [4.78, 5) is 14.0. The van der Waals surface area contributed by atoms with Crippen molar-refractivity contribution >= 4 is 5.78 Å². The molecule has 0 aromatic rings. The van der Waals surface area contributed by atoms with Gasteiger partial charge in [-0.1, -0.05) is 20.1 Å². The maximum absolute atomic E-state index is 14.0. The number of carbonyl (C=O) groups excluding carboxylic acids is 1. The largest absolute Gasteiger partial charge is 0.394 e. The topological polar surface area (TPSA) is 141 Å². The Hall–Kier alpha value is -1.29. The molecule has 10 fully saturated rings. The second kappa shape index (κ2) is 14.3. The number of carbonyl (C=O) groups is 1. The van der Waals surface area contributed by atoms with Crippen LogP contribution in [0.5, 0.6) is 0 Å². The average Bonchev–Trinajstić information content (AvgIpc) is 3.79. The van der Waals surface area contributed by atoms with Gasteiger partial charge in [0.25, 0.3) is 0 Å². The minimum atomic E-state index is -0.951. The highest BCUT2D eigenvalue weighted by molar-refractivity contribution is 5.79. The molecule has 2 N–H and O–H groups in total. The van der Waals surface area contributed by atoms with E-state index in [0.717, 1.165) is 49.7 Å². The zero-order valence-corrected chi connectivity index (χ0v) is 30.7. The van der Waals surface area contributed by atoms with E-state index in [2.05, 4.69) is 20.1 Å². The average molecular weight is 731 g/mol. The van der Waals surface area contributed by atoms with Gasteiger partial charge in [0.05, 0.1) is 73.8 Å². The van der Waals surface area contributed by atoms with Crippen LogP contribution in [0.3, 0.4) is 0 Å². The zero-order valence-electron chi connectivity index (χ0n) is 30.7. The highest BCUT2D eigenvalue weighted by Crippen LogP contribution is 2.54. The molecule has 0 aromatic carbocycles. The smallest absolute Gasteiger partial charge is 0.172 e. The van der Waals surface area contributed by atoms with Crippen LogP contribution in [0.2, 0.25) is 0 Å². The van der Waals surface area contributed by atoms with E-state index in [-0.39, 0.29) is 123 Å². The van der Waals surface area contributed by atoms with Gasteiger partial charge in [0.2, 0.25) is 0 Å². The molecule has 0 radical (unpaired) electrons. The Kier molecular flexibility index (Phi) is 10.0. The third kappa shape index (κ3) is 6.59. The maximum Gasteiger partial charge on any atom is 0.172 e. The molecular weight excluding hydrogens is 672 g/mol. The van der Waals surface area contributed by atoms with E-state index < -0.39 is 24.1 Å². The van der Waals surface area contributed by atoms with Crippen molar-refractivity contribution in [2.75, 3.05) is 13.7 Å². The first kappa shape index (κ1) is 36.4. The van der Waals surface area contributed by atoms with E-state index in [4.69, 9.17) is 42.6 Å². The second-order valence-electron chi connectivity index (χ2n) is 17.4. The van der Waals surface area contributed by atoms with Gasteiger partial charge in [0, 0.05) is 51.6 Å². The van der Waals surface area contributed by atoms with Crippen molar-refractivity contribution in [2.45, 2.75) is 194 Å². The standard InChI is InChI=1S/C40H58O12/c1-19-11-24-5-7-28-20(2)12-26(45-28)9-10-40-17-33-36(51-40)37-38(50-33)39(52-40)35-29(49-37)8-6-25(47-35)13-22(42)14-27-31(16-30(46-24)21(19)3)48-32(34(27)44-4)15-23(43)18-41/h19,23-39,41,43H,2-3,5-18H2,1,4H3/t19-,23+,24+,25-,26?,27?,28+,29+,30-,31+,32?,33?,34-,35+,36+,37+,38-,39+,40+/m1/s1. The van der Waals surface area contributed by atoms with Gasteiger partial charge in [-0.2, -0.15) is 0 Å². The predicted octanol–water partition coefficient (Wildman–Crippen LogP) is 3.47. The normalized spacial score (nSPS) is 52.4. The van der Waals surface area contributed by atoms with E-state index in [1.807, 2.05) is 0 Å². The van der Waals surface area contributed by atoms with Crippen LogP contribution < -0.4 is 0 Å². The lowest BCUT2D eigenvalue weighted by atomic mass is 9.81. The second-order valence-corrected chi connectivity index (χ2v) is 17.4. The van der Waals surface area contributed by atoms with Gasteiger partial charge >= 0.3 is 0 Å². The first-order valence-corrected chi connectivity index (χ1v) is 20.1. The van der Waals surface area contributed by atoms with Gasteiger partial charge in [-0.3, -0.25) is 4.79 Å². The zero-order chi connectivity index (χ0) is 35.9. The van der Waals surface area contributed by atoms with Crippen LogP contribution in [-0.4, -0.2) is 133 Å². The number of hydrogen-bond donors (Lipinski definition) is 2. The molecule has 0 saturated carbocycles. The van der Waals surface area contributed by atoms with Crippen LogP contribution in [0.15, 0.2) is 24.3 Å². The number of Topliss-reactive ketones (excluding diaryl/α,β-unsaturated/α-hetero) is 1. The SMILES string of the molecule is C=C1CC2CC[C@@]34CC5O[C@H]6[C@@H](O3)[C@H]3O[C@H](CC[C@@H]3O[C@H]6[C@H]5O4)CC(=O)CC3[C@@H](OC)C(C[C@H](O)CO)O[C@H]3C[C@H]3O[C@@H](CC[C@@H]1O2)C[C@@H](C)C3=C. The van der Waals surface area contributed by atoms with Crippen LogP contribution in [0.4, 0.5) is 0 Å². The van der Waals surface area contributed by atoms with Crippen LogP contribution in [0, 0.1) is 11.8 Å². The number of fused-ring (bicyclic) bond motifs is 6. The van der Waals surface area contributed by atoms with Crippen molar-refractivity contribution in [3.63, 3.8) is 0 Å². The molecule has 12 bridgehead atoms. The van der Waals surface area contributed by atoms with Crippen molar-refractivity contribution in [3.05, 3.63) is 24.3 Å². The Morgan fingerprint density at radius 1 is 0.788 bits per heavy atom. The lowest BCUT2D eigenvalue weighted by molar-refractivity contribution is -0.292. The van der Waals surface area contributed by atoms with Crippen molar-refractivity contribution < 1.29 is 57.6 Å². The highest BCUT2D eigenvalue weighted by Gasteiger charge is 2.68. The molecule has 10 aliphatic rings. The summed E-state index contributed by atoms with van der Waals surface area (Å²) in [6.45, 7) is 10.7. The van der Waals surface area contributed by atoms with E-state index >= 15 is 0 Å². The number of ketones is 1. The first-order chi connectivity index (χ1) is 25.1. The third-order valence-electron chi connectivity index (χ3n) is 13.9. The fourth-order valence-electron chi connectivity index (χ4n) is 11.3. The highest BCUT2D eigenvalue weighted by atomic mass is 16.8. The molecule has 1 spiro atoms. The Morgan fingerprint density at radius 3 is 2.37 bits per heavy atom. The summed E-state index contributed by atoms with van der Waals surface area (Å²) < 4.78 is 59.8. The Bertz CT molecular complexity index is 1370. The minimum absolute atomic E-state index is 0.0260. The van der Waals surface area contributed by atoms with Crippen LogP contribution in [0.25, 0.3) is 0 Å². The minimum Gasteiger partial charge on any atom is -0.394 e. The summed E-state index contributed by atoms with van der Waals surface area (Å²) >= 11 is 0. The Labute approximate surface area is 306 Å². The summed E-state index contributed by atoms with van der Waals surface area (Å²) in [5.74, 6) is -0.709. The predicted molar refractivity (Wildman–Crippen MR) is 184 cm³/mol. The summed E-state index contributed by atoms with van der Waals surface area (Å²) in [5, 5.41) is 20.1. The quantitative estimate of drug-likeness (QED) is 0.410. The van der Waals surface area contributed by atoms with E-state index in [9.17, 15) is 15.0 Å². The fraction of sp³-hybridized carbons (Fsp3) is 0.875. The molecule has 290 valence electrons. The maximum atomic E-state index is 14.0. The molecule has 10 aliphatic heterocycles. The summed E-state index contributed by atoms with van der Waals surface area (Å²) in [6.07, 6.45) is 4.01. The molecule has 4 unspecified atom stereocenters. The number of aliphatic hydroxyl groups is 2. The van der Waals surface area contributed by atoms with E-state index in [1.165, 1.54) is 0 Å². The Balaban J connectivity index is 0.994. The van der Waals surface area contributed by atoms with Gasteiger partial charge in [0.1, 0.15) is 36.3 Å². The summed E-state index contributed by atoms with van der Waals surface area (Å²) in [5.41, 5.74) is 2.17. The summed E-state index contributed by atoms with van der Waals surface area (Å²) in [6, 6.07) is 0. The van der Waals surface area contributed by atoms with Gasteiger partial charge in [-0.25, -0.2) is 0 Å². The number of aliphatic hydroxyl groups excluding tert-OH is 2. The molecule has 10 heterocycles. The summed E-state index contributed by atoms with van der Waals surface area (Å²) in [7, 11) is 1.63. The van der Waals surface area contributed by atoms with Gasteiger partial charge < -0.3 is 52.8 Å². The molecule has 10 saturated heterocycles. The van der Waals surface area contributed by atoms with Crippen molar-refractivity contribution in [1.29, 1.82) is 0 Å².